The van der Waals surface area contributed by atoms with E-state index in [0.29, 0.717) is 0 Å². The molecule has 5 nitrogen and oxygen atoms in total. The van der Waals surface area contributed by atoms with Crippen LogP contribution in [-0.2, 0) is 14.8 Å². The smallest absolute Gasteiger partial charge is 0.241 e. The molecule has 0 aliphatic carbocycles. The summed E-state index contributed by atoms with van der Waals surface area (Å²) in [6.45, 7) is 3.19. The van der Waals surface area contributed by atoms with E-state index in [9.17, 15) is 17.6 Å². The first kappa shape index (κ1) is 14.6. The molecule has 1 aromatic carbocycles. The maximum atomic E-state index is 12.7. The molecule has 1 aromatic rings. The van der Waals surface area contributed by atoms with E-state index in [1.165, 1.54) is 0 Å². The minimum absolute atomic E-state index is 0.0622. The van der Waals surface area contributed by atoms with E-state index in [-0.39, 0.29) is 17.5 Å². The first-order valence-electron chi connectivity index (χ1n) is 5.36. The fourth-order valence-corrected chi connectivity index (χ4v) is 2.21. The van der Waals surface area contributed by atoms with Crippen LogP contribution >= 0.6 is 0 Å². The highest BCUT2D eigenvalue weighted by Crippen LogP contribution is 2.08. The highest BCUT2D eigenvalue weighted by atomic mass is 32.2. The van der Waals surface area contributed by atoms with Gasteiger partial charge in [-0.3, -0.25) is 4.79 Å². The Kier molecular flexibility index (Phi) is 4.80. The molecule has 0 bridgehead atoms. The summed E-state index contributed by atoms with van der Waals surface area (Å²) < 4.78 is 38.2. The Balaban J connectivity index is 2.66. The van der Waals surface area contributed by atoms with E-state index in [2.05, 4.69) is 10.0 Å². The second kappa shape index (κ2) is 5.92. The number of rotatable bonds is 5. The zero-order valence-corrected chi connectivity index (χ0v) is 10.9. The van der Waals surface area contributed by atoms with Crippen molar-refractivity contribution in [3.05, 3.63) is 30.1 Å². The minimum Gasteiger partial charge on any atom is -0.353 e. The van der Waals surface area contributed by atoms with Gasteiger partial charge in [0.25, 0.3) is 0 Å². The maximum absolute atomic E-state index is 12.7. The summed E-state index contributed by atoms with van der Waals surface area (Å²) >= 11 is 0. The highest BCUT2D eigenvalue weighted by molar-refractivity contribution is 7.89. The van der Waals surface area contributed by atoms with Crippen molar-refractivity contribution in [2.45, 2.75) is 24.8 Å². The SMILES string of the molecule is CC(C)NC(=O)CNS(=O)(=O)c1ccc(F)cc1. The van der Waals surface area contributed by atoms with Crippen LogP contribution in [0.2, 0.25) is 0 Å². The quantitative estimate of drug-likeness (QED) is 0.827. The van der Waals surface area contributed by atoms with Gasteiger partial charge >= 0.3 is 0 Å². The summed E-state index contributed by atoms with van der Waals surface area (Å²) in [7, 11) is -3.79. The van der Waals surface area contributed by atoms with Crippen LogP contribution in [0.1, 0.15) is 13.8 Å². The Bertz CT molecular complexity index is 512. The van der Waals surface area contributed by atoms with Crippen molar-refractivity contribution in [1.29, 1.82) is 0 Å². The molecule has 0 fully saturated rings. The van der Waals surface area contributed by atoms with Crippen LogP contribution in [-0.4, -0.2) is 26.9 Å². The van der Waals surface area contributed by atoms with Crippen LogP contribution in [0.3, 0.4) is 0 Å². The number of hydrogen-bond acceptors (Lipinski definition) is 3. The molecule has 0 heterocycles. The molecule has 0 unspecified atom stereocenters. The third-order valence-electron chi connectivity index (χ3n) is 2.00. The van der Waals surface area contributed by atoms with E-state index in [1.807, 2.05) is 0 Å². The summed E-state index contributed by atoms with van der Waals surface area (Å²) in [5.74, 6) is -0.942. The minimum atomic E-state index is -3.79. The van der Waals surface area contributed by atoms with Crippen molar-refractivity contribution in [3.8, 4) is 0 Å². The van der Waals surface area contributed by atoms with Gasteiger partial charge in [0.05, 0.1) is 11.4 Å². The molecule has 18 heavy (non-hydrogen) atoms. The molecule has 0 aliphatic heterocycles. The zero-order valence-electron chi connectivity index (χ0n) is 10.1. The van der Waals surface area contributed by atoms with Crippen molar-refractivity contribution >= 4 is 15.9 Å². The molecule has 7 heteroatoms. The van der Waals surface area contributed by atoms with Gasteiger partial charge in [-0.15, -0.1) is 0 Å². The van der Waals surface area contributed by atoms with Gasteiger partial charge in [0.2, 0.25) is 15.9 Å². The van der Waals surface area contributed by atoms with Crippen molar-refractivity contribution in [2.24, 2.45) is 0 Å². The molecule has 2 N–H and O–H groups in total. The molecule has 1 amide bonds. The second-order valence-electron chi connectivity index (χ2n) is 4.00. The number of amides is 1. The lowest BCUT2D eigenvalue weighted by Gasteiger charge is -2.09. The van der Waals surface area contributed by atoms with E-state index >= 15 is 0 Å². The number of nitrogens with one attached hydrogen (secondary N) is 2. The normalized spacial score (nSPS) is 11.6. The van der Waals surface area contributed by atoms with Gasteiger partial charge in [0, 0.05) is 6.04 Å². The summed E-state index contributed by atoms with van der Waals surface area (Å²) in [6, 6.07) is 4.30. The standard InChI is InChI=1S/C11H15FN2O3S/c1-8(2)14-11(15)7-13-18(16,17)10-5-3-9(12)4-6-10/h3-6,8,13H,7H2,1-2H3,(H,14,15). The first-order valence-corrected chi connectivity index (χ1v) is 6.84. The molecule has 0 spiro atoms. The van der Waals surface area contributed by atoms with Crippen molar-refractivity contribution in [2.75, 3.05) is 6.54 Å². The molecule has 0 saturated carbocycles. The summed E-state index contributed by atoms with van der Waals surface area (Å²) in [5.41, 5.74) is 0. The van der Waals surface area contributed by atoms with E-state index < -0.39 is 21.7 Å². The number of benzene rings is 1. The number of carbonyl (C=O) groups excluding carboxylic acids is 1. The van der Waals surface area contributed by atoms with Crippen LogP contribution < -0.4 is 10.0 Å². The van der Waals surface area contributed by atoms with Crippen LogP contribution in [0.25, 0.3) is 0 Å². The lowest BCUT2D eigenvalue weighted by molar-refractivity contribution is -0.120. The first-order chi connectivity index (χ1) is 8.31. The summed E-state index contributed by atoms with van der Waals surface area (Å²) in [4.78, 5) is 11.2. The van der Waals surface area contributed by atoms with Crippen molar-refractivity contribution in [3.63, 3.8) is 0 Å². The summed E-state index contributed by atoms with van der Waals surface area (Å²) in [6.07, 6.45) is 0. The molecule has 0 atom stereocenters. The Labute approximate surface area is 105 Å². The largest absolute Gasteiger partial charge is 0.353 e. The van der Waals surface area contributed by atoms with E-state index in [4.69, 9.17) is 0 Å². The van der Waals surface area contributed by atoms with Crippen LogP contribution in [0, 0.1) is 5.82 Å². The zero-order chi connectivity index (χ0) is 13.8. The number of hydrogen-bond donors (Lipinski definition) is 2. The molecular formula is C11H15FN2O3S. The Morgan fingerprint density at radius 3 is 2.33 bits per heavy atom. The third-order valence-corrected chi connectivity index (χ3v) is 3.41. The summed E-state index contributed by atoms with van der Waals surface area (Å²) in [5, 5.41) is 2.55. The van der Waals surface area contributed by atoms with Gasteiger partial charge in [0.15, 0.2) is 0 Å². The third kappa shape index (κ3) is 4.42. The Hall–Kier alpha value is -1.47. The van der Waals surface area contributed by atoms with E-state index in [1.54, 1.807) is 13.8 Å². The number of halogens is 1. The molecule has 100 valence electrons. The average molecular weight is 274 g/mol. The lowest BCUT2D eigenvalue weighted by Crippen LogP contribution is -2.39. The van der Waals surface area contributed by atoms with Crippen molar-refractivity contribution < 1.29 is 17.6 Å². The number of carbonyl (C=O) groups is 1. The Morgan fingerprint density at radius 2 is 1.83 bits per heavy atom. The molecule has 0 aliphatic rings. The predicted molar refractivity (Wildman–Crippen MR) is 64.9 cm³/mol. The molecular weight excluding hydrogens is 259 g/mol. The van der Waals surface area contributed by atoms with Crippen LogP contribution in [0.15, 0.2) is 29.2 Å². The predicted octanol–water partition coefficient (Wildman–Crippen LogP) is 0.629. The fourth-order valence-electron chi connectivity index (χ4n) is 1.23. The maximum Gasteiger partial charge on any atom is 0.241 e. The second-order valence-corrected chi connectivity index (χ2v) is 5.77. The molecule has 1 rings (SSSR count). The van der Waals surface area contributed by atoms with Gasteiger partial charge in [-0.2, -0.15) is 0 Å². The fraction of sp³-hybridized carbons (Fsp3) is 0.364. The van der Waals surface area contributed by atoms with Gasteiger partial charge in [0.1, 0.15) is 5.82 Å². The topological polar surface area (TPSA) is 75.3 Å². The van der Waals surface area contributed by atoms with Gasteiger partial charge in [-0.25, -0.2) is 17.5 Å². The van der Waals surface area contributed by atoms with Gasteiger partial charge in [-0.1, -0.05) is 0 Å². The van der Waals surface area contributed by atoms with Gasteiger partial charge in [-0.05, 0) is 38.1 Å². The molecule has 0 radical (unpaired) electrons. The highest BCUT2D eigenvalue weighted by Gasteiger charge is 2.15. The molecule has 0 aromatic heterocycles. The number of sulfonamides is 1. The Morgan fingerprint density at radius 1 is 1.28 bits per heavy atom. The van der Waals surface area contributed by atoms with E-state index in [0.717, 1.165) is 24.3 Å². The van der Waals surface area contributed by atoms with Crippen LogP contribution in [0.4, 0.5) is 4.39 Å². The van der Waals surface area contributed by atoms with Crippen molar-refractivity contribution in [1.82, 2.24) is 10.0 Å². The average Bonchev–Trinajstić information content (AvgIpc) is 2.26. The molecule has 0 saturated heterocycles. The van der Waals surface area contributed by atoms with Gasteiger partial charge < -0.3 is 5.32 Å². The lowest BCUT2D eigenvalue weighted by atomic mass is 10.4. The monoisotopic (exact) mass is 274 g/mol. The van der Waals surface area contributed by atoms with Crippen LogP contribution in [0.5, 0.6) is 0 Å².